The molecule has 0 aliphatic carbocycles. The first-order valence-corrected chi connectivity index (χ1v) is 8.63. The maximum Gasteiger partial charge on any atom is 0.177 e. The maximum atomic E-state index is 9.01. The highest BCUT2D eigenvalue weighted by Gasteiger charge is 2.16. The highest BCUT2D eigenvalue weighted by atomic mass is 32.1. The Morgan fingerprint density at radius 2 is 2.12 bits per heavy atom. The van der Waals surface area contributed by atoms with Crippen LogP contribution >= 0.6 is 11.3 Å². The molecule has 0 aromatic carbocycles. The Bertz CT molecular complexity index is 1110. The molecule has 0 atom stereocenters. The molecule has 0 saturated carbocycles. The molecule has 0 radical (unpaired) electrons. The number of aromatic nitrogens is 4. The van der Waals surface area contributed by atoms with Crippen LogP contribution in [-0.2, 0) is 6.54 Å². The molecule has 0 bridgehead atoms. The smallest absolute Gasteiger partial charge is 0.177 e. The van der Waals surface area contributed by atoms with Gasteiger partial charge in [-0.3, -0.25) is 0 Å². The fourth-order valence-electron chi connectivity index (χ4n) is 3.03. The van der Waals surface area contributed by atoms with Gasteiger partial charge in [0.1, 0.15) is 22.5 Å². The second-order valence-corrected chi connectivity index (χ2v) is 7.06. The molecule has 4 heterocycles. The first-order valence-electron chi connectivity index (χ1n) is 7.81. The number of fused-ring (bicyclic) bond motifs is 1. The SMILES string of the molecule is Cc1noc(C)c1-c1cnc2nc(C)n(Cc3ccc(C#N)s3)c2c1. The molecule has 0 aliphatic heterocycles. The van der Waals surface area contributed by atoms with Gasteiger partial charge in [-0.15, -0.1) is 11.3 Å². The molecule has 0 amide bonds. The minimum Gasteiger partial charge on any atom is -0.361 e. The lowest BCUT2D eigenvalue weighted by Gasteiger charge is -2.06. The highest BCUT2D eigenvalue weighted by Crippen LogP contribution is 2.29. The minimum atomic E-state index is 0.668. The van der Waals surface area contributed by atoms with Crippen LogP contribution in [-0.4, -0.2) is 19.7 Å². The van der Waals surface area contributed by atoms with E-state index in [4.69, 9.17) is 9.78 Å². The van der Waals surface area contributed by atoms with Gasteiger partial charge in [-0.2, -0.15) is 5.26 Å². The molecule has 0 N–H and O–H groups in total. The van der Waals surface area contributed by atoms with E-state index in [0.29, 0.717) is 17.1 Å². The zero-order chi connectivity index (χ0) is 17.6. The molecule has 0 spiro atoms. The molecule has 4 rings (SSSR count). The third-order valence-corrected chi connectivity index (χ3v) is 5.18. The number of pyridine rings is 1. The number of imidazole rings is 1. The molecule has 4 aromatic heterocycles. The average Bonchev–Trinajstić information content (AvgIpc) is 3.27. The van der Waals surface area contributed by atoms with Gasteiger partial charge >= 0.3 is 0 Å². The fraction of sp³-hybridized carbons (Fsp3) is 0.222. The van der Waals surface area contributed by atoms with Crippen LogP contribution in [0.1, 0.15) is 27.0 Å². The van der Waals surface area contributed by atoms with Crippen LogP contribution in [0, 0.1) is 32.1 Å². The number of hydrogen-bond acceptors (Lipinski definition) is 6. The van der Waals surface area contributed by atoms with Crippen molar-refractivity contribution in [2.24, 2.45) is 0 Å². The number of hydrogen-bond donors (Lipinski definition) is 0. The van der Waals surface area contributed by atoms with Gasteiger partial charge in [0, 0.05) is 22.2 Å². The van der Waals surface area contributed by atoms with Crippen LogP contribution < -0.4 is 0 Å². The van der Waals surface area contributed by atoms with Gasteiger partial charge in [-0.25, -0.2) is 9.97 Å². The summed E-state index contributed by atoms with van der Waals surface area (Å²) in [5, 5.41) is 13.0. The molecule has 25 heavy (non-hydrogen) atoms. The van der Waals surface area contributed by atoms with Crippen LogP contribution in [0.15, 0.2) is 28.9 Å². The number of nitriles is 1. The van der Waals surface area contributed by atoms with Crippen molar-refractivity contribution in [2.45, 2.75) is 27.3 Å². The van der Waals surface area contributed by atoms with E-state index in [-0.39, 0.29) is 0 Å². The molecular formula is C18H15N5OS. The van der Waals surface area contributed by atoms with Crippen molar-refractivity contribution in [2.75, 3.05) is 0 Å². The van der Waals surface area contributed by atoms with E-state index < -0.39 is 0 Å². The number of rotatable bonds is 3. The van der Waals surface area contributed by atoms with Crippen LogP contribution in [0.25, 0.3) is 22.3 Å². The van der Waals surface area contributed by atoms with E-state index in [1.54, 1.807) is 0 Å². The maximum absolute atomic E-state index is 9.01. The minimum absolute atomic E-state index is 0.668. The topological polar surface area (TPSA) is 80.5 Å². The molecule has 0 unspecified atom stereocenters. The predicted octanol–water partition coefficient (Wildman–Crippen LogP) is 3.99. The quantitative estimate of drug-likeness (QED) is 0.558. The van der Waals surface area contributed by atoms with E-state index in [9.17, 15) is 0 Å². The first-order chi connectivity index (χ1) is 12.1. The normalized spacial score (nSPS) is 11.1. The van der Waals surface area contributed by atoms with Crippen molar-refractivity contribution in [3.63, 3.8) is 0 Å². The van der Waals surface area contributed by atoms with Crippen LogP contribution in [0.3, 0.4) is 0 Å². The molecule has 0 aliphatic rings. The van der Waals surface area contributed by atoms with Crippen molar-refractivity contribution in [3.05, 3.63) is 51.4 Å². The lowest BCUT2D eigenvalue weighted by atomic mass is 10.1. The van der Waals surface area contributed by atoms with E-state index in [0.717, 1.165) is 38.8 Å². The van der Waals surface area contributed by atoms with Gasteiger partial charge in [0.25, 0.3) is 0 Å². The summed E-state index contributed by atoms with van der Waals surface area (Å²) >= 11 is 1.50. The zero-order valence-corrected chi connectivity index (χ0v) is 14.9. The van der Waals surface area contributed by atoms with Crippen molar-refractivity contribution < 1.29 is 4.52 Å². The third-order valence-electron chi connectivity index (χ3n) is 4.20. The molecule has 7 heteroatoms. The summed E-state index contributed by atoms with van der Waals surface area (Å²) in [5.74, 6) is 1.67. The van der Waals surface area contributed by atoms with Gasteiger partial charge in [0.2, 0.25) is 0 Å². The number of thiophene rings is 1. The van der Waals surface area contributed by atoms with E-state index in [1.165, 1.54) is 11.3 Å². The standard InChI is InChI=1S/C18H15N5OS/c1-10-17(11(2)24-22-10)13-6-16-18(20-8-13)21-12(3)23(16)9-15-5-4-14(7-19)25-15/h4-6,8H,9H2,1-3H3. The summed E-state index contributed by atoms with van der Waals surface area (Å²) in [6.45, 7) is 6.46. The monoisotopic (exact) mass is 349 g/mol. The second kappa shape index (κ2) is 5.83. The van der Waals surface area contributed by atoms with E-state index in [1.807, 2.05) is 39.1 Å². The molecule has 0 fully saturated rings. The Morgan fingerprint density at radius 1 is 1.28 bits per heavy atom. The van der Waals surface area contributed by atoms with Gasteiger partial charge in [-0.05, 0) is 39.0 Å². The van der Waals surface area contributed by atoms with Gasteiger partial charge in [-0.1, -0.05) is 5.16 Å². The predicted molar refractivity (Wildman–Crippen MR) is 95.4 cm³/mol. The molecule has 124 valence electrons. The van der Waals surface area contributed by atoms with Gasteiger partial charge in [0.15, 0.2) is 5.65 Å². The lowest BCUT2D eigenvalue weighted by Crippen LogP contribution is -2.00. The van der Waals surface area contributed by atoms with Gasteiger partial charge < -0.3 is 9.09 Å². The summed E-state index contributed by atoms with van der Waals surface area (Å²) in [5.41, 5.74) is 4.46. The van der Waals surface area contributed by atoms with Crippen LogP contribution in [0.5, 0.6) is 0 Å². The first kappa shape index (κ1) is 15.5. The molecular weight excluding hydrogens is 334 g/mol. The average molecular weight is 349 g/mol. The molecule has 0 saturated heterocycles. The summed E-state index contributed by atoms with van der Waals surface area (Å²) in [4.78, 5) is 10.9. The lowest BCUT2D eigenvalue weighted by molar-refractivity contribution is 0.393. The van der Waals surface area contributed by atoms with Crippen molar-refractivity contribution in [3.8, 4) is 17.2 Å². The van der Waals surface area contributed by atoms with Crippen molar-refractivity contribution in [1.82, 2.24) is 19.7 Å². The van der Waals surface area contributed by atoms with Crippen LogP contribution in [0.2, 0.25) is 0 Å². The Labute approximate surface area is 148 Å². The van der Waals surface area contributed by atoms with E-state index in [2.05, 4.69) is 31.8 Å². The fourth-order valence-corrected chi connectivity index (χ4v) is 3.82. The molecule has 4 aromatic rings. The summed E-state index contributed by atoms with van der Waals surface area (Å²) in [6.07, 6.45) is 1.81. The van der Waals surface area contributed by atoms with Crippen molar-refractivity contribution in [1.29, 1.82) is 5.26 Å². The van der Waals surface area contributed by atoms with E-state index >= 15 is 0 Å². The summed E-state index contributed by atoms with van der Waals surface area (Å²) in [6, 6.07) is 8.10. The summed E-state index contributed by atoms with van der Waals surface area (Å²) < 4.78 is 7.40. The number of aryl methyl sites for hydroxylation is 3. The number of nitrogens with zero attached hydrogens (tertiary/aromatic N) is 5. The Kier molecular flexibility index (Phi) is 3.62. The largest absolute Gasteiger partial charge is 0.361 e. The Hall–Kier alpha value is -2.98. The highest BCUT2D eigenvalue weighted by molar-refractivity contribution is 7.12. The second-order valence-electron chi connectivity index (χ2n) is 5.89. The zero-order valence-electron chi connectivity index (χ0n) is 14.1. The molecule has 6 nitrogen and oxygen atoms in total. The Balaban J connectivity index is 1.83. The van der Waals surface area contributed by atoms with Gasteiger partial charge in [0.05, 0.1) is 17.8 Å². The van der Waals surface area contributed by atoms with Crippen LogP contribution in [0.4, 0.5) is 0 Å². The summed E-state index contributed by atoms with van der Waals surface area (Å²) in [7, 11) is 0. The van der Waals surface area contributed by atoms with Crippen molar-refractivity contribution >= 4 is 22.5 Å². The Morgan fingerprint density at radius 3 is 2.80 bits per heavy atom. The third kappa shape index (κ3) is 2.61.